The van der Waals surface area contributed by atoms with Crippen LogP contribution < -0.4 is 9.47 Å². The molecule has 1 rings (SSSR count). The standard InChI is InChI=1S/C14H14O4/c1-3-4-9-18-12-7-5-11(6-8-14(15)16)10-13(12)17-2/h5-8,10H,9H2,1-2H3,(H,15,16). The van der Waals surface area contributed by atoms with E-state index in [0.29, 0.717) is 11.5 Å². The summed E-state index contributed by atoms with van der Waals surface area (Å²) in [6.07, 6.45) is 2.55. The number of carboxylic acids is 1. The van der Waals surface area contributed by atoms with Gasteiger partial charge in [-0.15, -0.1) is 5.92 Å². The smallest absolute Gasteiger partial charge is 0.328 e. The molecule has 0 amide bonds. The Morgan fingerprint density at radius 2 is 2.22 bits per heavy atom. The van der Waals surface area contributed by atoms with Crippen molar-refractivity contribution in [3.05, 3.63) is 29.8 Å². The average molecular weight is 246 g/mol. The summed E-state index contributed by atoms with van der Waals surface area (Å²) in [6, 6.07) is 5.17. The lowest BCUT2D eigenvalue weighted by molar-refractivity contribution is -0.131. The zero-order chi connectivity index (χ0) is 13.4. The van der Waals surface area contributed by atoms with E-state index in [2.05, 4.69) is 11.8 Å². The third-order valence-electron chi connectivity index (χ3n) is 2.08. The van der Waals surface area contributed by atoms with Gasteiger partial charge in [-0.2, -0.15) is 0 Å². The fourth-order valence-electron chi connectivity index (χ4n) is 1.26. The van der Waals surface area contributed by atoms with Crippen LogP contribution in [-0.4, -0.2) is 24.8 Å². The molecule has 0 bridgehead atoms. The number of benzene rings is 1. The molecule has 94 valence electrons. The molecule has 4 nitrogen and oxygen atoms in total. The van der Waals surface area contributed by atoms with Crippen molar-refractivity contribution >= 4 is 12.0 Å². The molecule has 0 unspecified atom stereocenters. The van der Waals surface area contributed by atoms with E-state index in [-0.39, 0.29) is 6.61 Å². The Morgan fingerprint density at radius 1 is 1.44 bits per heavy atom. The van der Waals surface area contributed by atoms with Gasteiger partial charge in [-0.3, -0.25) is 0 Å². The molecule has 0 heterocycles. The molecule has 4 heteroatoms. The van der Waals surface area contributed by atoms with E-state index in [1.165, 1.54) is 13.2 Å². The van der Waals surface area contributed by atoms with Gasteiger partial charge < -0.3 is 14.6 Å². The fraction of sp³-hybridized carbons (Fsp3) is 0.214. The molecule has 0 aliphatic carbocycles. The summed E-state index contributed by atoms with van der Waals surface area (Å²) in [6.45, 7) is 2.03. The number of methoxy groups -OCH3 is 1. The second-order valence-electron chi connectivity index (χ2n) is 3.30. The Balaban J connectivity index is 2.87. The number of hydrogen-bond acceptors (Lipinski definition) is 3. The summed E-state index contributed by atoms with van der Waals surface area (Å²) in [5, 5.41) is 8.54. The van der Waals surface area contributed by atoms with E-state index in [4.69, 9.17) is 14.6 Å². The lowest BCUT2D eigenvalue weighted by atomic mass is 10.2. The van der Waals surface area contributed by atoms with Crippen LogP contribution in [0.15, 0.2) is 24.3 Å². The number of aliphatic carboxylic acids is 1. The minimum Gasteiger partial charge on any atom is -0.493 e. The molecule has 0 aliphatic heterocycles. The molecule has 0 spiro atoms. The zero-order valence-corrected chi connectivity index (χ0v) is 10.3. The first-order valence-electron chi connectivity index (χ1n) is 5.29. The first-order valence-corrected chi connectivity index (χ1v) is 5.29. The Morgan fingerprint density at radius 3 is 2.83 bits per heavy atom. The van der Waals surface area contributed by atoms with Crippen LogP contribution >= 0.6 is 0 Å². The summed E-state index contributed by atoms with van der Waals surface area (Å²) in [4.78, 5) is 10.4. The van der Waals surface area contributed by atoms with E-state index < -0.39 is 5.97 Å². The fourth-order valence-corrected chi connectivity index (χ4v) is 1.26. The molecule has 0 saturated heterocycles. The van der Waals surface area contributed by atoms with Gasteiger partial charge in [0, 0.05) is 6.08 Å². The SMILES string of the molecule is CC#CCOc1ccc(C=CC(=O)O)cc1OC. The van der Waals surface area contributed by atoms with Crippen LogP contribution in [0.3, 0.4) is 0 Å². The van der Waals surface area contributed by atoms with Crippen molar-refractivity contribution in [3.63, 3.8) is 0 Å². The largest absolute Gasteiger partial charge is 0.493 e. The van der Waals surface area contributed by atoms with Gasteiger partial charge in [0.25, 0.3) is 0 Å². The van der Waals surface area contributed by atoms with Crippen LogP contribution in [0.1, 0.15) is 12.5 Å². The maximum atomic E-state index is 10.4. The molecule has 0 saturated carbocycles. The molecule has 18 heavy (non-hydrogen) atoms. The van der Waals surface area contributed by atoms with Crippen LogP contribution in [0.4, 0.5) is 0 Å². The van der Waals surface area contributed by atoms with E-state index in [1.54, 1.807) is 25.1 Å². The lowest BCUT2D eigenvalue weighted by Crippen LogP contribution is -1.97. The summed E-state index contributed by atoms with van der Waals surface area (Å²) in [7, 11) is 1.53. The number of rotatable bonds is 5. The van der Waals surface area contributed by atoms with Crippen molar-refractivity contribution in [2.24, 2.45) is 0 Å². The summed E-state index contributed by atoms with van der Waals surface area (Å²) >= 11 is 0. The number of hydrogen-bond donors (Lipinski definition) is 1. The Labute approximate surface area is 106 Å². The van der Waals surface area contributed by atoms with Gasteiger partial charge in [0.2, 0.25) is 0 Å². The van der Waals surface area contributed by atoms with Crippen molar-refractivity contribution < 1.29 is 19.4 Å². The normalized spacial score (nSPS) is 9.67. The summed E-state index contributed by atoms with van der Waals surface area (Å²) in [5.41, 5.74) is 0.725. The molecular formula is C14H14O4. The van der Waals surface area contributed by atoms with Crippen LogP contribution in [0, 0.1) is 11.8 Å². The van der Waals surface area contributed by atoms with Crippen molar-refractivity contribution in [1.82, 2.24) is 0 Å². The van der Waals surface area contributed by atoms with Gasteiger partial charge in [-0.05, 0) is 30.7 Å². The topological polar surface area (TPSA) is 55.8 Å². The van der Waals surface area contributed by atoms with Gasteiger partial charge in [-0.25, -0.2) is 4.79 Å². The molecule has 1 N–H and O–H groups in total. The summed E-state index contributed by atoms with van der Waals surface area (Å²) < 4.78 is 10.6. The highest BCUT2D eigenvalue weighted by Crippen LogP contribution is 2.28. The second kappa shape index (κ2) is 7.02. The monoisotopic (exact) mass is 246 g/mol. The third-order valence-corrected chi connectivity index (χ3v) is 2.08. The first-order chi connectivity index (χ1) is 8.67. The van der Waals surface area contributed by atoms with Crippen LogP contribution in [0.2, 0.25) is 0 Å². The van der Waals surface area contributed by atoms with E-state index >= 15 is 0 Å². The molecular weight excluding hydrogens is 232 g/mol. The van der Waals surface area contributed by atoms with E-state index in [1.807, 2.05) is 0 Å². The van der Waals surface area contributed by atoms with Gasteiger partial charge in [-0.1, -0.05) is 12.0 Å². The molecule has 0 aliphatic rings. The number of ether oxygens (including phenoxy) is 2. The highest BCUT2D eigenvalue weighted by molar-refractivity contribution is 5.85. The molecule has 0 radical (unpaired) electrons. The van der Waals surface area contributed by atoms with E-state index in [0.717, 1.165) is 11.6 Å². The molecule has 1 aromatic carbocycles. The van der Waals surface area contributed by atoms with Crippen molar-refractivity contribution in [1.29, 1.82) is 0 Å². The van der Waals surface area contributed by atoms with Gasteiger partial charge in [0.1, 0.15) is 6.61 Å². The van der Waals surface area contributed by atoms with Crippen LogP contribution in [0.5, 0.6) is 11.5 Å². The van der Waals surface area contributed by atoms with Crippen molar-refractivity contribution in [3.8, 4) is 23.3 Å². The van der Waals surface area contributed by atoms with E-state index in [9.17, 15) is 4.79 Å². The number of carbonyl (C=O) groups is 1. The molecule has 0 fully saturated rings. The summed E-state index contributed by atoms with van der Waals surface area (Å²) in [5.74, 6) is 5.64. The van der Waals surface area contributed by atoms with Crippen molar-refractivity contribution in [2.75, 3.05) is 13.7 Å². The van der Waals surface area contributed by atoms with Gasteiger partial charge >= 0.3 is 5.97 Å². The predicted octanol–water partition coefficient (Wildman–Crippen LogP) is 2.20. The van der Waals surface area contributed by atoms with Crippen LogP contribution in [-0.2, 0) is 4.79 Å². The zero-order valence-electron chi connectivity index (χ0n) is 10.3. The van der Waals surface area contributed by atoms with Crippen LogP contribution in [0.25, 0.3) is 6.08 Å². The maximum Gasteiger partial charge on any atom is 0.328 e. The Kier molecular flexibility index (Phi) is 5.33. The molecule has 1 aromatic rings. The second-order valence-corrected chi connectivity index (χ2v) is 3.30. The maximum absolute atomic E-state index is 10.4. The molecule has 0 atom stereocenters. The van der Waals surface area contributed by atoms with Gasteiger partial charge in [0.15, 0.2) is 11.5 Å². The predicted molar refractivity (Wildman–Crippen MR) is 68.6 cm³/mol. The third kappa shape index (κ3) is 4.22. The quantitative estimate of drug-likeness (QED) is 0.639. The number of carboxylic acid groups (broad SMARTS) is 1. The average Bonchev–Trinajstić information content (AvgIpc) is 2.37. The minimum absolute atomic E-state index is 0.289. The van der Waals surface area contributed by atoms with Crippen molar-refractivity contribution in [2.45, 2.75) is 6.92 Å². The lowest BCUT2D eigenvalue weighted by Gasteiger charge is -2.09. The Hall–Kier alpha value is -2.41. The van der Waals surface area contributed by atoms with Gasteiger partial charge in [0.05, 0.1) is 7.11 Å². The first kappa shape index (κ1) is 13.7. The Bertz CT molecular complexity index is 506. The minimum atomic E-state index is -0.993. The highest BCUT2D eigenvalue weighted by Gasteiger charge is 2.04. The highest BCUT2D eigenvalue weighted by atomic mass is 16.5. The molecule has 0 aromatic heterocycles.